The lowest BCUT2D eigenvalue weighted by Crippen LogP contribution is -2.49. The topological polar surface area (TPSA) is 77.6 Å². The van der Waals surface area contributed by atoms with E-state index in [1.807, 2.05) is 48.2 Å². The van der Waals surface area contributed by atoms with Crippen LogP contribution in [-0.4, -0.2) is 74.6 Å². The van der Waals surface area contributed by atoms with Crippen LogP contribution in [0, 0.1) is 48.1 Å². The van der Waals surface area contributed by atoms with E-state index in [-0.39, 0.29) is 11.5 Å². The lowest BCUT2D eigenvalue weighted by atomic mass is 9.96. The largest absolute Gasteiger partial charge is 0.368 e. The molecule has 2 heterocycles. The van der Waals surface area contributed by atoms with Crippen LogP contribution >= 0.6 is 0 Å². The first-order chi connectivity index (χ1) is 20.3. The van der Waals surface area contributed by atoms with E-state index in [4.69, 9.17) is 0 Å². The molecule has 0 N–H and O–H groups in total. The number of hydrogen-bond acceptors (Lipinski definition) is 6. The van der Waals surface area contributed by atoms with Gasteiger partial charge in [0.1, 0.15) is 12.1 Å². The zero-order valence-electron chi connectivity index (χ0n) is 24.0. The Balaban J connectivity index is 1.19. The molecule has 3 aromatic rings. The SMILES string of the molecule is Cc1cc(C)c(C(=O)N2CCN(c3cc(F)c(F)cc3C#N)CC2)cc1CCN1CCN(c2ccccc2C#N)CC1. The van der Waals surface area contributed by atoms with Crippen LogP contribution in [0.25, 0.3) is 0 Å². The lowest BCUT2D eigenvalue weighted by Gasteiger charge is -2.37. The summed E-state index contributed by atoms with van der Waals surface area (Å²) in [7, 11) is 0. The number of amides is 1. The van der Waals surface area contributed by atoms with Gasteiger partial charge in [-0.1, -0.05) is 18.2 Å². The number of halogens is 2. The van der Waals surface area contributed by atoms with E-state index in [0.717, 1.165) is 73.7 Å². The molecule has 0 spiro atoms. The summed E-state index contributed by atoms with van der Waals surface area (Å²) >= 11 is 0. The van der Waals surface area contributed by atoms with Gasteiger partial charge in [0, 0.05) is 70.5 Å². The van der Waals surface area contributed by atoms with Crippen LogP contribution in [0.1, 0.15) is 38.2 Å². The Morgan fingerprint density at radius 1 is 0.762 bits per heavy atom. The van der Waals surface area contributed by atoms with Gasteiger partial charge >= 0.3 is 0 Å². The Kier molecular flexibility index (Phi) is 8.70. The first-order valence-corrected chi connectivity index (χ1v) is 14.3. The number of carbonyl (C=O) groups excluding carboxylic acids is 1. The van der Waals surface area contributed by atoms with Crippen molar-refractivity contribution in [1.82, 2.24) is 9.80 Å². The molecular formula is C33H34F2N6O. The molecule has 3 aromatic carbocycles. The third kappa shape index (κ3) is 6.07. The van der Waals surface area contributed by atoms with E-state index in [0.29, 0.717) is 43.0 Å². The van der Waals surface area contributed by atoms with Crippen molar-refractivity contribution >= 4 is 17.3 Å². The monoisotopic (exact) mass is 568 g/mol. The Hall–Kier alpha value is -4.47. The summed E-state index contributed by atoms with van der Waals surface area (Å²) in [4.78, 5) is 21.9. The van der Waals surface area contributed by atoms with Crippen molar-refractivity contribution in [2.24, 2.45) is 0 Å². The highest BCUT2D eigenvalue weighted by Gasteiger charge is 2.26. The smallest absolute Gasteiger partial charge is 0.254 e. The predicted octanol–water partition coefficient (Wildman–Crippen LogP) is 4.65. The van der Waals surface area contributed by atoms with Gasteiger partial charge in [-0.3, -0.25) is 9.69 Å². The number of benzene rings is 3. The number of piperazine rings is 2. The quantitative estimate of drug-likeness (QED) is 0.431. The van der Waals surface area contributed by atoms with E-state index in [9.17, 15) is 24.1 Å². The summed E-state index contributed by atoms with van der Waals surface area (Å²) in [6.45, 7) is 10.2. The summed E-state index contributed by atoms with van der Waals surface area (Å²) in [6.07, 6.45) is 0.835. The standard InChI is InChI=1S/C33H34F2N6O/c1-23-17-24(2)28(33(42)41-15-13-40(14-16-41)32-20-30(35)29(34)19-27(32)22-37)18-25(23)7-8-38-9-11-39(12-10-38)31-6-4-3-5-26(31)21-36/h3-6,17-20H,7-16H2,1-2H3. The highest BCUT2D eigenvalue weighted by molar-refractivity contribution is 5.96. The third-order valence-electron chi connectivity index (χ3n) is 8.41. The molecule has 42 heavy (non-hydrogen) atoms. The van der Waals surface area contributed by atoms with Gasteiger partial charge in [0.05, 0.1) is 22.5 Å². The van der Waals surface area contributed by atoms with Gasteiger partial charge in [-0.2, -0.15) is 10.5 Å². The van der Waals surface area contributed by atoms with Crippen molar-refractivity contribution in [2.75, 3.05) is 68.7 Å². The molecule has 0 atom stereocenters. The fourth-order valence-corrected chi connectivity index (χ4v) is 5.94. The number of nitriles is 2. The van der Waals surface area contributed by atoms with Gasteiger partial charge in [-0.25, -0.2) is 8.78 Å². The highest BCUT2D eigenvalue weighted by atomic mass is 19.2. The Bertz CT molecular complexity index is 1560. The summed E-state index contributed by atoms with van der Waals surface area (Å²) in [5.74, 6) is -2.07. The van der Waals surface area contributed by atoms with Crippen molar-refractivity contribution in [3.8, 4) is 12.1 Å². The average molecular weight is 569 g/mol. The second kappa shape index (κ2) is 12.6. The molecule has 0 aromatic heterocycles. The second-order valence-electron chi connectivity index (χ2n) is 11.0. The van der Waals surface area contributed by atoms with E-state index in [2.05, 4.69) is 28.9 Å². The van der Waals surface area contributed by atoms with Gasteiger partial charge in [-0.15, -0.1) is 0 Å². The first-order valence-electron chi connectivity index (χ1n) is 14.3. The minimum atomic E-state index is -1.04. The van der Waals surface area contributed by atoms with E-state index < -0.39 is 11.6 Å². The van der Waals surface area contributed by atoms with Gasteiger partial charge in [0.15, 0.2) is 11.6 Å². The molecule has 0 bridgehead atoms. The van der Waals surface area contributed by atoms with Crippen molar-refractivity contribution in [2.45, 2.75) is 20.3 Å². The van der Waals surface area contributed by atoms with Crippen molar-refractivity contribution < 1.29 is 13.6 Å². The fourth-order valence-electron chi connectivity index (χ4n) is 5.94. The second-order valence-corrected chi connectivity index (χ2v) is 11.0. The van der Waals surface area contributed by atoms with Crippen LogP contribution in [0.5, 0.6) is 0 Å². The predicted molar refractivity (Wildman–Crippen MR) is 159 cm³/mol. The Morgan fingerprint density at radius 3 is 2.07 bits per heavy atom. The molecular weight excluding hydrogens is 534 g/mol. The summed E-state index contributed by atoms with van der Waals surface area (Å²) in [5, 5.41) is 18.8. The molecule has 0 aliphatic carbocycles. The maximum atomic E-state index is 13.9. The molecule has 2 fully saturated rings. The van der Waals surface area contributed by atoms with Crippen molar-refractivity contribution in [1.29, 1.82) is 10.5 Å². The number of carbonyl (C=O) groups is 1. The number of aryl methyl sites for hydroxylation is 2. The molecule has 2 saturated heterocycles. The minimum absolute atomic E-state index is 0.0380. The first kappa shape index (κ1) is 29.0. The van der Waals surface area contributed by atoms with Crippen LogP contribution in [0.15, 0.2) is 48.5 Å². The normalized spacial score (nSPS) is 15.8. The number of rotatable bonds is 6. The summed E-state index contributed by atoms with van der Waals surface area (Å²) < 4.78 is 27.5. The maximum Gasteiger partial charge on any atom is 0.254 e. The van der Waals surface area contributed by atoms with E-state index >= 15 is 0 Å². The van der Waals surface area contributed by atoms with E-state index in [1.54, 1.807) is 4.90 Å². The fraction of sp³-hybridized carbons (Fsp3) is 0.364. The molecule has 9 heteroatoms. The Morgan fingerprint density at radius 2 is 1.38 bits per heavy atom. The summed E-state index contributed by atoms with van der Waals surface area (Å²) in [6, 6.07) is 18.1. The molecule has 2 aliphatic heterocycles. The molecule has 216 valence electrons. The minimum Gasteiger partial charge on any atom is -0.368 e. The maximum absolute atomic E-state index is 13.9. The van der Waals surface area contributed by atoms with Crippen molar-refractivity contribution in [3.63, 3.8) is 0 Å². The van der Waals surface area contributed by atoms with Gasteiger partial charge in [0.2, 0.25) is 0 Å². The molecule has 0 unspecified atom stereocenters. The van der Waals surface area contributed by atoms with Gasteiger partial charge in [-0.05, 0) is 61.2 Å². The number of anilines is 2. The molecule has 0 saturated carbocycles. The molecule has 7 nitrogen and oxygen atoms in total. The van der Waals surface area contributed by atoms with E-state index in [1.165, 1.54) is 0 Å². The summed E-state index contributed by atoms with van der Waals surface area (Å²) in [5.41, 5.74) is 6.07. The zero-order chi connectivity index (χ0) is 29.8. The van der Waals surface area contributed by atoms with Crippen LogP contribution in [-0.2, 0) is 6.42 Å². The average Bonchev–Trinajstić information content (AvgIpc) is 3.01. The zero-order valence-corrected chi connectivity index (χ0v) is 24.0. The third-order valence-corrected chi connectivity index (χ3v) is 8.41. The highest BCUT2D eigenvalue weighted by Crippen LogP contribution is 2.26. The molecule has 0 radical (unpaired) electrons. The molecule has 5 rings (SSSR count). The molecule has 2 aliphatic rings. The lowest BCUT2D eigenvalue weighted by molar-refractivity contribution is 0.0746. The van der Waals surface area contributed by atoms with Gasteiger partial charge < -0.3 is 14.7 Å². The van der Waals surface area contributed by atoms with Crippen LogP contribution in [0.4, 0.5) is 20.2 Å². The number of para-hydroxylation sites is 1. The van der Waals surface area contributed by atoms with Crippen LogP contribution < -0.4 is 9.80 Å². The van der Waals surface area contributed by atoms with Crippen molar-refractivity contribution in [3.05, 3.63) is 93.5 Å². The molecule has 1 amide bonds. The number of hydrogen-bond donors (Lipinski definition) is 0. The van der Waals surface area contributed by atoms with Gasteiger partial charge in [0.25, 0.3) is 5.91 Å². The Labute approximate surface area is 245 Å². The van der Waals surface area contributed by atoms with Crippen LogP contribution in [0.3, 0.4) is 0 Å². The van der Waals surface area contributed by atoms with Crippen LogP contribution in [0.2, 0.25) is 0 Å². The number of nitrogens with zero attached hydrogens (tertiary/aromatic N) is 6.